The van der Waals surface area contributed by atoms with E-state index >= 15 is 0 Å². The van der Waals surface area contributed by atoms with E-state index in [-0.39, 0.29) is 0 Å². The van der Waals surface area contributed by atoms with Gasteiger partial charge in [-0.05, 0) is 88.6 Å². The molecule has 0 fully saturated rings. The maximum absolute atomic E-state index is 2.40. The fourth-order valence-electron chi connectivity index (χ4n) is 7.56. The Morgan fingerprint density at radius 2 is 1.04 bits per heavy atom. The summed E-state index contributed by atoms with van der Waals surface area (Å²) >= 11 is 1.88. The van der Waals surface area contributed by atoms with E-state index in [2.05, 4.69) is 191 Å². The zero-order valence-electron chi connectivity index (χ0n) is 26.6. The third kappa shape index (κ3) is 4.47. The highest BCUT2D eigenvalue weighted by Crippen LogP contribution is 2.42. The van der Waals surface area contributed by atoms with Gasteiger partial charge in [-0.15, -0.1) is 11.3 Å². The van der Waals surface area contributed by atoms with Gasteiger partial charge >= 0.3 is 0 Å². The van der Waals surface area contributed by atoms with E-state index in [4.69, 9.17) is 0 Å². The Morgan fingerprint density at radius 1 is 0.408 bits per heavy atom. The van der Waals surface area contributed by atoms with Crippen molar-refractivity contribution >= 4 is 81.1 Å². The average Bonchev–Trinajstić information content (AvgIpc) is 3.72. The van der Waals surface area contributed by atoms with Crippen molar-refractivity contribution in [1.82, 2.24) is 4.57 Å². The number of nitrogens with zero attached hydrogens (tertiary/aromatic N) is 2. The molecule has 0 bridgehead atoms. The highest BCUT2D eigenvalue weighted by atomic mass is 32.1. The molecule has 3 heteroatoms. The van der Waals surface area contributed by atoms with Gasteiger partial charge in [-0.25, -0.2) is 0 Å². The summed E-state index contributed by atoms with van der Waals surface area (Å²) in [7, 11) is 0. The summed E-state index contributed by atoms with van der Waals surface area (Å²) in [5.74, 6) is 0. The molecule has 0 aliphatic rings. The zero-order valence-corrected chi connectivity index (χ0v) is 27.4. The molecule has 0 unspecified atom stereocenters. The molecule has 10 aromatic rings. The van der Waals surface area contributed by atoms with Crippen LogP contribution in [0.4, 0.5) is 17.1 Å². The number of benzene rings is 8. The van der Waals surface area contributed by atoms with E-state index in [0.29, 0.717) is 0 Å². The summed E-state index contributed by atoms with van der Waals surface area (Å²) in [5.41, 5.74) is 9.43. The molecule has 49 heavy (non-hydrogen) atoms. The minimum Gasteiger partial charge on any atom is -0.311 e. The predicted octanol–water partition coefficient (Wildman–Crippen LogP) is 13.4. The highest BCUT2D eigenvalue weighted by Gasteiger charge is 2.17. The van der Waals surface area contributed by atoms with Crippen molar-refractivity contribution in [2.45, 2.75) is 0 Å². The standard InChI is InChI=1S/C46H30N2S/c1-2-12-33(13-3-1)47(34-24-21-32(22-25-34)38-17-10-18-40-39-15-7-9-20-44(39)49-46(38)40)35-26-28-36(29-27-35)48-42-19-8-6-16-41(42)45-37-14-5-4-11-31(37)23-30-43(45)48/h1-30H. The molecule has 0 aliphatic heterocycles. The molecule has 0 saturated carbocycles. The lowest BCUT2D eigenvalue weighted by molar-refractivity contribution is 1.17. The summed E-state index contributed by atoms with van der Waals surface area (Å²) in [5, 5.41) is 7.77. The summed E-state index contributed by atoms with van der Waals surface area (Å²) in [4.78, 5) is 2.34. The third-order valence-electron chi connectivity index (χ3n) is 9.78. The molecule has 0 amide bonds. The number of para-hydroxylation sites is 2. The molecule has 0 radical (unpaired) electrons. The quantitative estimate of drug-likeness (QED) is 0.181. The Kier molecular flexibility index (Phi) is 6.39. The Balaban J connectivity index is 1.07. The van der Waals surface area contributed by atoms with Crippen molar-refractivity contribution in [1.29, 1.82) is 0 Å². The van der Waals surface area contributed by atoms with Crippen LogP contribution in [-0.2, 0) is 0 Å². The van der Waals surface area contributed by atoms with Crippen LogP contribution in [-0.4, -0.2) is 4.57 Å². The maximum atomic E-state index is 2.40. The third-order valence-corrected chi connectivity index (χ3v) is 11.0. The molecule has 2 nitrogen and oxygen atoms in total. The first kappa shape index (κ1) is 27.9. The molecule has 0 N–H and O–H groups in total. The first-order chi connectivity index (χ1) is 24.3. The summed E-state index contributed by atoms with van der Waals surface area (Å²) < 4.78 is 5.07. The van der Waals surface area contributed by atoms with Gasteiger partial charge in [-0.2, -0.15) is 0 Å². The molecule has 0 atom stereocenters. The van der Waals surface area contributed by atoms with Crippen molar-refractivity contribution in [3.8, 4) is 16.8 Å². The molecule has 8 aromatic carbocycles. The number of aromatic nitrogens is 1. The van der Waals surface area contributed by atoms with Crippen LogP contribution >= 0.6 is 11.3 Å². The normalized spacial score (nSPS) is 11.7. The van der Waals surface area contributed by atoms with Gasteiger partial charge in [0.2, 0.25) is 0 Å². The van der Waals surface area contributed by atoms with Crippen LogP contribution < -0.4 is 4.90 Å². The minimum atomic E-state index is 1.11. The molecule has 2 heterocycles. The topological polar surface area (TPSA) is 8.17 Å². The van der Waals surface area contributed by atoms with Crippen LogP contribution in [0.5, 0.6) is 0 Å². The number of anilines is 3. The Labute approximate surface area is 288 Å². The van der Waals surface area contributed by atoms with Gasteiger partial charge in [0.05, 0.1) is 11.0 Å². The first-order valence-electron chi connectivity index (χ1n) is 16.7. The van der Waals surface area contributed by atoms with Crippen molar-refractivity contribution in [3.05, 3.63) is 182 Å². The van der Waals surface area contributed by atoms with E-state index in [9.17, 15) is 0 Å². The van der Waals surface area contributed by atoms with Crippen LogP contribution in [0.2, 0.25) is 0 Å². The minimum absolute atomic E-state index is 1.11. The van der Waals surface area contributed by atoms with Crippen molar-refractivity contribution in [3.63, 3.8) is 0 Å². The lowest BCUT2D eigenvalue weighted by Crippen LogP contribution is -2.10. The van der Waals surface area contributed by atoms with Gasteiger partial charge in [0.15, 0.2) is 0 Å². The van der Waals surface area contributed by atoms with E-state index in [1.807, 2.05) is 11.3 Å². The number of hydrogen-bond donors (Lipinski definition) is 0. The molecular formula is C46H30N2S. The maximum Gasteiger partial charge on any atom is 0.0547 e. The lowest BCUT2D eigenvalue weighted by atomic mass is 10.0. The summed E-state index contributed by atoms with van der Waals surface area (Å²) in [6.07, 6.45) is 0. The fourth-order valence-corrected chi connectivity index (χ4v) is 8.80. The smallest absolute Gasteiger partial charge is 0.0547 e. The monoisotopic (exact) mass is 642 g/mol. The number of thiophene rings is 1. The number of fused-ring (bicyclic) bond motifs is 8. The fraction of sp³-hybridized carbons (Fsp3) is 0. The van der Waals surface area contributed by atoms with E-state index in [1.165, 1.54) is 63.9 Å². The van der Waals surface area contributed by atoms with Gasteiger partial charge in [-0.1, -0.05) is 115 Å². The molecule has 0 spiro atoms. The van der Waals surface area contributed by atoms with Crippen molar-refractivity contribution in [2.75, 3.05) is 4.90 Å². The van der Waals surface area contributed by atoms with E-state index in [1.54, 1.807) is 0 Å². The van der Waals surface area contributed by atoms with Gasteiger partial charge in [-0.3, -0.25) is 0 Å². The second-order valence-corrected chi connectivity index (χ2v) is 13.6. The van der Waals surface area contributed by atoms with E-state index in [0.717, 1.165) is 22.7 Å². The zero-order chi connectivity index (χ0) is 32.3. The summed E-state index contributed by atoms with van der Waals surface area (Å²) in [6.45, 7) is 0. The predicted molar refractivity (Wildman–Crippen MR) is 211 cm³/mol. The number of rotatable bonds is 5. The Hall–Kier alpha value is -6.16. The summed E-state index contributed by atoms with van der Waals surface area (Å²) in [6, 6.07) is 66.0. The van der Waals surface area contributed by atoms with Gasteiger partial charge in [0.1, 0.15) is 0 Å². The second kappa shape index (κ2) is 11.2. The molecule has 230 valence electrons. The average molecular weight is 643 g/mol. The number of hydrogen-bond acceptors (Lipinski definition) is 2. The van der Waals surface area contributed by atoms with Crippen molar-refractivity contribution < 1.29 is 0 Å². The van der Waals surface area contributed by atoms with Crippen LogP contribution in [0.1, 0.15) is 0 Å². The molecule has 10 rings (SSSR count). The van der Waals surface area contributed by atoms with Crippen LogP contribution in [0, 0.1) is 0 Å². The Morgan fingerprint density at radius 3 is 1.86 bits per heavy atom. The van der Waals surface area contributed by atoms with Crippen LogP contribution in [0.25, 0.3) is 69.6 Å². The van der Waals surface area contributed by atoms with Gasteiger partial charge in [0.25, 0.3) is 0 Å². The van der Waals surface area contributed by atoms with E-state index < -0.39 is 0 Å². The highest BCUT2D eigenvalue weighted by molar-refractivity contribution is 7.26. The molecular weight excluding hydrogens is 613 g/mol. The van der Waals surface area contributed by atoms with Crippen LogP contribution in [0.15, 0.2) is 182 Å². The van der Waals surface area contributed by atoms with Crippen LogP contribution in [0.3, 0.4) is 0 Å². The SMILES string of the molecule is c1ccc(N(c2ccc(-c3cccc4c3sc3ccccc34)cc2)c2ccc(-n3c4ccccc4c4c5ccccc5ccc43)cc2)cc1. The van der Waals surface area contributed by atoms with Crippen molar-refractivity contribution in [2.24, 2.45) is 0 Å². The largest absolute Gasteiger partial charge is 0.311 e. The van der Waals surface area contributed by atoms with Gasteiger partial charge < -0.3 is 9.47 Å². The lowest BCUT2D eigenvalue weighted by Gasteiger charge is -2.26. The molecule has 2 aromatic heterocycles. The van der Waals surface area contributed by atoms with Gasteiger partial charge in [0, 0.05) is 53.7 Å². The second-order valence-electron chi connectivity index (χ2n) is 12.5. The Bertz CT molecular complexity index is 2810. The molecule has 0 saturated heterocycles. The molecule has 0 aliphatic carbocycles. The first-order valence-corrected chi connectivity index (χ1v) is 17.5.